The molecule has 0 aliphatic heterocycles. The summed E-state index contributed by atoms with van der Waals surface area (Å²) < 4.78 is 5.46. The minimum absolute atomic E-state index is 0.355. The van der Waals surface area contributed by atoms with Crippen LogP contribution in [-0.4, -0.2) is 6.29 Å². The molecule has 3 aromatic rings. The van der Waals surface area contributed by atoms with Gasteiger partial charge in [-0.1, -0.05) is 48.5 Å². The number of hydrogen-bond donors (Lipinski definition) is 0. The van der Waals surface area contributed by atoms with E-state index in [9.17, 15) is 4.79 Å². The first-order valence-corrected chi connectivity index (χ1v) is 6.53. The summed E-state index contributed by atoms with van der Waals surface area (Å²) in [5, 5.41) is 0. The molecule has 0 fully saturated rings. The maximum atomic E-state index is 10.7. The minimum atomic E-state index is 0.355. The number of carbonyl (C=O) groups excluding carboxylic acids is 1. The average molecular weight is 262 g/mol. The third kappa shape index (κ3) is 2.69. The third-order valence-corrected chi connectivity index (χ3v) is 3.21. The van der Waals surface area contributed by atoms with E-state index in [1.807, 2.05) is 36.4 Å². The van der Waals surface area contributed by atoms with Gasteiger partial charge in [-0.3, -0.25) is 4.79 Å². The summed E-state index contributed by atoms with van der Waals surface area (Å²) in [7, 11) is 0. The van der Waals surface area contributed by atoms with Gasteiger partial charge in [0.05, 0.1) is 0 Å². The van der Waals surface area contributed by atoms with Gasteiger partial charge in [0.25, 0.3) is 0 Å². The van der Waals surface area contributed by atoms with Crippen LogP contribution in [0.1, 0.15) is 21.7 Å². The van der Waals surface area contributed by atoms with E-state index in [0.717, 1.165) is 24.0 Å². The van der Waals surface area contributed by atoms with Gasteiger partial charge in [0.15, 0.2) is 12.0 Å². The summed E-state index contributed by atoms with van der Waals surface area (Å²) in [6.45, 7) is 0. The van der Waals surface area contributed by atoms with Gasteiger partial charge in [0, 0.05) is 5.56 Å². The second kappa shape index (κ2) is 5.57. The van der Waals surface area contributed by atoms with Crippen LogP contribution in [0.2, 0.25) is 0 Å². The number of aldehydes is 1. The van der Waals surface area contributed by atoms with E-state index in [1.54, 1.807) is 6.07 Å². The van der Waals surface area contributed by atoms with Crippen molar-refractivity contribution in [2.75, 3.05) is 0 Å². The van der Waals surface area contributed by atoms with Crippen LogP contribution in [0.3, 0.4) is 0 Å². The molecule has 0 spiro atoms. The van der Waals surface area contributed by atoms with Gasteiger partial charge in [-0.05, 0) is 35.7 Å². The summed E-state index contributed by atoms with van der Waals surface area (Å²) in [6.07, 6.45) is 1.60. The van der Waals surface area contributed by atoms with E-state index in [2.05, 4.69) is 24.3 Å². The van der Waals surface area contributed by atoms with Gasteiger partial charge >= 0.3 is 0 Å². The van der Waals surface area contributed by atoms with Crippen LogP contribution in [-0.2, 0) is 6.42 Å². The van der Waals surface area contributed by atoms with Gasteiger partial charge in [-0.25, -0.2) is 0 Å². The fourth-order valence-corrected chi connectivity index (χ4v) is 2.24. The van der Waals surface area contributed by atoms with Crippen LogP contribution in [0.15, 0.2) is 71.1 Å². The first-order chi connectivity index (χ1) is 9.85. The quantitative estimate of drug-likeness (QED) is 0.654. The van der Waals surface area contributed by atoms with Gasteiger partial charge in [-0.15, -0.1) is 0 Å². The second-order valence-corrected chi connectivity index (χ2v) is 4.68. The van der Waals surface area contributed by atoms with Crippen LogP contribution in [0.5, 0.6) is 0 Å². The zero-order chi connectivity index (χ0) is 13.8. The van der Waals surface area contributed by atoms with Crippen LogP contribution in [0.25, 0.3) is 11.3 Å². The fraction of sp³-hybridized carbons (Fsp3) is 0.0556. The maximum Gasteiger partial charge on any atom is 0.185 e. The molecule has 2 aromatic carbocycles. The van der Waals surface area contributed by atoms with Crippen molar-refractivity contribution in [3.05, 3.63) is 83.6 Å². The van der Waals surface area contributed by atoms with Crippen molar-refractivity contribution >= 4 is 6.29 Å². The van der Waals surface area contributed by atoms with Crippen LogP contribution in [0.4, 0.5) is 0 Å². The Morgan fingerprint density at radius 2 is 1.65 bits per heavy atom. The maximum absolute atomic E-state index is 10.7. The van der Waals surface area contributed by atoms with E-state index < -0.39 is 0 Å². The van der Waals surface area contributed by atoms with E-state index in [4.69, 9.17) is 4.42 Å². The van der Waals surface area contributed by atoms with Gasteiger partial charge < -0.3 is 4.42 Å². The van der Waals surface area contributed by atoms with E-state index in [0.29, 0.717) is 5.76 Å². The Morgan fingerprint density at radius 3 is 2.40 bits per heavy atom. The summed E-state index contributed by atoms with van der Waals surface area (Å²) >= 11 is 0. The number of carbonyl (C=O) groups is 1. The van der Waals surface area contributed by atoms with Crippen molar-refractivity contribution in [2.45, 2.75) is 6.42 Å². The Morgan fingerprint density at radius 1 is 0.850 bits per heavy atom. The fourth-order valence-electron chi connectivity index (χ4n) is 2.24. The lowest BCUT2D eigenvalue weighted by molar-refractivity contribution is 0.110. The van der Waals surface area contributed by atoms with Crippen molar-refractivity contribution < 1.29 is 9.21 Å². The van der Waals surface area contributed by atoms with Crippen LogP contribution >= 0.6 is 0 Å². The minimum Gasteiger partial charge on any atom is -0.453 e. The van der Waals surface area contributed by atoms with Gasteiger partial charge in [-0.2, -0.15) is 0 Å². The molecule has 0 radical (unpaired) electrons. The highest BCUT2D eigenvalue weighted by Crippen LogP contribution is 2.23. The first-order valence-electron chi connectivity index (χ1n) is 6.53. The molecule has 2 heteroatoms. The molecule has 20 heavy (non-hydrogen) atoms. The molecular formula is C18H14O2. The predicted molar refractivity (Wildman–Crippen MR) is 78.8 cm³/mol. The van der Waals surface area contributed by atoms with Crippen molar-refractivity contribution in [1.82, 2.24) is 0 Å². The van der Waals surface area contributed by atoms with Crippen LogP contribution < -0.4 is 0 Å². The predicted octanol–water partition coefficient (Wildman–Crippen LogP) is 4.35. The molecule has 3 rings (SSSR count). The molecule has 1 aromatic heterocycles. The normalized spacial score (nSPS) is 10.4. The molecule has 1 heterocycles. The van der Waals surface area contributed by atoms with E-state index >= 15 is 0 Å². The van der Waals surface area contributed by atoms with E-state index in [-0.39, 0.29) is 0 Å². The highest BCUT2D eigenvalue weighted by molar-refractivity contribution is 5.72. The largest absolute Gasteiger partial charge is 0.453 e. The molecule has 2 nitrogen and oxygen atoms in total. The first kappa shape index (κ1) is 12.4. The molecule has 98 valence electrons. The van der Waals surface area contributed by atoms with Gasteiger partial charge in [0.1, 0.15) is 5.76 Å². The highest BCUT2D eigenvalue weighted by atomic mass is 16.3. The Kier molecular flexibility index (Phi) is 3.46. The smallest absolute Gasteiger partial charge is 0.185 e. The number of hydrogen-bond acceptors (Lipinski definition) is 2. The van der Waals surface area contributed by atoms with E-state index in [1.165, 1.54) is 11.1 Å². The molecule has 0 aliphatic rings. The lowest BCUT2D eigenvalue weighted by Crippen LogP contribution is -1.88. The Hall–Kier alpha value is -2.61. The highest BCUT2D eigenvalue weighted by Gasteiger charge is 2.05. The molecule has 0 amide bonds. The molecule has 0 N–H and O–H groups in total. The van der Waals surface area contributed by atoms with Crippen molar-refractivity contribution in [1.29, 1.82) is 0 Å². The molecule has 0 bridgehead atoms. The number of rotatable bonds is 4. The third-order valence-electron chi connectivity index (χ3n) is 3.21. The summed E-state index contributed by atoms with van der Waals surface area (Å²) in [5.74, 6) is 1.08. The molecule has 0 saturated carbocycles. The lowest BCUT2D eigenvalue weighted by atomic mass is 10.0. The zero-order valence-electron chi connectivity index (χ0n) is 11.0. The molecule has 0 saturated heterocycles. The SMILES string of the molecule is O=Cc1ccc(-c2cccc(Cc3ccccc3)c2)o1. The van der Waals surface area contributed by atoms with Crippen molar-refractivity contribution in [3.63, 3.8) is 0 Å². The molecule has 0 aliphatic carbocycles. The summed E-state index contributed by atoms with van der Waals surface area (Å²) in [5.41, 5.74) is 3.49. The zero-order valence-corrected chi connectivity index (χ0v) is 11.0. The summed E-state index contributed by atoms with van der Waals surface area (Å²) in [6, 6.07) is 22.0. The molecule has 0 atom stereocenters. The molecule has 0 unspecified atom stereocenters. The van der Waals surface area contributed by atoms with Gasteiger partial charge in [0.2, 0.25) is 0 Å². The topological polar surface area (TPSA) is 30.2 Å². The lowest BCUT2D eigenvalue weighted by Gasteiger charge is -2.04. The van der Waals surface area contributed by atoms with Crippen molar-refractivity contribution in [3.8, 4) is 11.3 Å². The Labute approximate surface area is 117 Å². The monoisotopic (exact) mass is 262 g/mol. The average Bonchev–Trinajstić information content (AvgIpc) is 2.98. The number of benzene rings is 2. The Bertz CT molecular complexity index is 711. The standard InChI is InChI=1S/C18H14O2/c19-13-17-9-10-18(20-17)16-8-4-7-15(12-16)11-14-5-2-1-3-6-14/h1-10,12-13H,11H2. The molecular weight excluding hydrogens is 248 g/mol. The summed E-state index contributed by atoms with van der Waals surface area (Å²) in [4.78, 5) is 10.7. The van der Waals surface area contributed by atoms with Crippen LogP contribution in [0, 0.1) is 0 Å². The van der Waals surface area contributed by atoms with Crippen molar-refractivity contribution in [2.24, 2.45) is 0 Å². The number of furan rings is 1. The second-order valence-electron chi connectivity index (χ2n) is 4.68. The Balaban J connectivity index is 1.87.